The number of hydrogen-bond acceptors (Lipinski definition) is 5. The molecule has 2 aromatic rings. The number of thiocarbonyl (C=S) groups is 1. The maximum atomic E-state index is 12.2. The van der Waals surface area contributed by atoms with E-state index in [0.717, 1.165) is 30.0 Å². The van der Waals surface area contributed by atoms with Gasteiger partial charge in [-0.2, -0.15) is 0 Å². The van der Waals surface area contributed by atoms with Crippen LogP contribution in [0, 0.1) is 13.8 Å². The largest absolute Gasteiger partial charge is 0.494 e. The summed E-state index contributed by atoms with van der Waals surface area (Å²) in [6, 6.07) is 8.80. The van der Waals surface area contributed by atoms with E-state index in [1.165, 1.54) is 0 Å². The zero-order valence-electron chi connectivity index (χ0n) is 14.6. The Morgan fingerprint density at radius 1 is 1.16 bits per heavy atom. The molecular formula is C18H22N4O2S. The number of carbonyl (C=O) groups is 1. The lowest BCUT2D eigenvalue weighted by atomic mass is 10.2. The van der Waals surface area contributed by atoms with Crippen LogP contribution in [0.25, 0.3) is 0 Å². The van der Waals surface area contributed by atoms with Gasteiger partial charge in [0.1, 0.15) is 5.75 Å². The predicted molar refractivity (Wildman–Crippen MR) is 102 cm³/mol. The lowest BCUT2D eigenvalue weighted by Gasteiger charge is -2.10. The molecule has 0 aliphatic heterocycles. The molecule has 2 rings (SSSR count). The highest BCUT2D eigenvalue weighted by atomic mass is 32.1. The van der Waals surface area contributed by atoms with Crippen LogP contribution in [-0.4, -0.2) is 27.6 Å². The van der Waals surface area contributed by atoms with Gasteiger partial charge in [0.25, 0.3) is 5.91 Å². The van der Waals surface area contributed by atoms with Crippen LogP contribution in [0.2, 0.25) is 0 Å². The van der Waals surface area contributed by atoms with Gasteiger partial charge in [-0.3, -0.25) is 10.1 Å². The van der Waals surface area contributed by atoms with Gasteiger partial charge in [-0.1, -0.05) is 13.3 Å². The van der Waals surface area contributed by atoms with E-state index in [-0.39, 0.29) is 11.0 Å². The van der Waals surface area contributed by atoms with Crippen LogP contribution in [0.1, 0.15) is 41.5 Å². The number of carbonyl (C=O) groups excluding carboxylic acids is 1. The molecule has 132 valence electrons. The highest BCUT2D eigenvalue weighted by molar-refractivity contribution is 7.80. The lowest BCUT2D eigenvalue weighted by Crippen LogP contribution is -2.34. The Labute approximate surface area is 153 Å². The third-order valence-electron chi connectivity index (χ3n) is 3.32. The lowest BCUT2D eigenvalue weighted by molar-refractivity contribution is 0.0977. The van der Waals surface area contributed by atoms with Gasteiger partial charge in [-0.25, -0.2) is 9.97 Å². The number of benzene rings is 1. The van der Waals surface area contributed by atoms with Crippen molar-refractivity contribution in [3.8, 4) is 5.75 Å². The van der Waals surface area contributed by atoms with Gasteiger partial charge < -0.3 is 10.1 Å². The highest BCUT2D eigenvalue weighted by Crippen LogP contribution is 2.13. The summed E-state index contributed by atoms with van der Waals surface area (Å²) in [4.78, 5) is 20.7. The molecule has 0 bridgehead atoms. The number of ether oxygens (including phenoxy) is 1. The first-order chi connectivity index (χ1) is 12.0. The zero-order valence-corrected chi connectivity index (χ0v) is 15.4. The Morgan fingerprint density at radius 3 is 2.40 bits per heavy atom. The number of aryl methyl sites for hydroxylation is 2. The van der Waals surface area contributed by atoms with Crippen molar-refractivity contribution in [1.82, 2.24) is 15.3 Å². The summed E-state index contributed by atoms with van der Waals surface area (Å²) in [7, 11) is 0. The number of nitrogens with one attached hydrogen (secondary N) is 2. The molecule has 7 heteroatoms. The second-order valence-electron chi connectivity index (χ2n) is 5.61. The number of aromatic nitrogens is 2. The Bertz CT molecular complexity index is 727. The van der Waals surface area contributed by atoms with Crippen molar-refractivity contribution >= 4 is 29.2 Å². The van der Waals surface area contributed by atoms with Crippen LogP contribution in [0.4, 0.5) is 5.95 Å². The van der Waals surface area contributed by atoms with E-state index in [2.05, 4.69) is 27.5 Å². The SMILES string of the molecule is CCCCOc1ccc(C(=O)NC(=S)Nc2nc(C)cc(C)n2)cc1. The van der Waals surface area contributed by atoms with Crippen LogP contribution < -0.4 is 15.4 Å². The number of anilines is 1. The molecule has 1 amide bonds. The summed E-state index contributed by atoms with van der Waals surface area (Å²) in [5.41, 5.74) is 2.14. The Kier molecular flexibility index (Phi) is 6.82. The van der Waals surface area contributed by atoms with Crippen molar-refractivity contribution in [3.05, 3.63) is 47.3 Å². The van der Waals surface area contributed by atoms with Crippen molar-refractivity contribution < 1.29 is 9.53 Å². The third kappa shape index (κ3) is 6.11. The van der Waals surface area contributed by atoms with Gasteiger partial charge >= 0.3 is 0 Å². The number of rotatable bonds is 6. The molecule has 0 unspecified atom stereocenters. The van der Waals surface area contributed by atoms with E-state index in [4.69, 9.17) is 17.0 Å². The van der Waals surface area contributed by atoms with Crippen molar-refractivity contribution in [3.63, 3.8) is 0 Å². The second-order valence-corrected chi connectivity index (χ2v) is 6.02. The number of hydrogen-bond donors (Lipinski definition) is 2. The number of unbranched alkanes of at least 4 members (excludes halogenated alkanes) is 1. The first-order valence-electron chi connectivity index (χ1n) is 8.15. The summed E-state index contributed by atoms with van der Waals surface area (Å²) in [5, 5.41) is 5.59. The van der Waals surface area contributed by atoms with Crippen LogP contribution >= 0.6 is 12.2 Å². The van der Waals surface area contributed by atoms with E-state index in [9.17, 15) is 4.79 Å². The second kappa shape index (κ2) is 9.08. The Hall–Kier alpha value is -2.54. The van der Waals surface area contributed by atoms with Crippen molar-refractivity contribution in [2.75, 3.05) is 11.9 Å². The molecule has 6 nitrogen and oxygen atoms in total. The van der Waals surface area contributed by atoms with Crippen LogP contribution in [-0.2, 0) is 0 Å². The Balaban J connectivity index is 1.91. The standard InChI is InChI=1S/C18H22N4O2S/c1-4-5-10-24-15-8-6-14(7-9-15)16(23)21-18(25)22-17-19-12(2)11-13(3)20-17/h6-9,11H,4-5,10H2,1-3H3,(H2,19,20,21,22,23,25). The average molecular weight is 358 g/mol. The predicted octanol–water partition coefficient (Wildman–Crippen LogP) is 3.40. The van der Waals surface area contributed by atoms with Crippen molar-refractivity contribution in [1.29, 1.82) is 0 Å². The maximum absolute atomic E-state index is 12.2. The van der Waals surface area contributed by atoms with E-state index < -0.39 is 0 Å². The van der Waals surface area contributed by atoms with Gasteiger partial charge in [-0.05, 0) is 62.8 Å². The summed E-state index contributed by atoms with van der Waals surface area (Å²) >= 11 is 5.15. The van der Waals surface area contributed by atoms with E-state index >= 15 is 0 Å². The Morgan fingerprint density at radius 2 is 1.80 bits per heavy atom. The fourth-order valence-electron chi connectivity index (χ4n) is 2.13. The van der Waals surface area contributed by atoms with Gasteiger partial charge in [0.05, 0.1) is 6.61 Å². The summed E-state index contributed by atoms with van der Waals surface area (Å²) < 4.78 is 5.58. The first-order valence-corrected chi connectivity index (χ1v) is 8.56. The molecule has 2 N–H and O–H groups in total. The number of nitrogens with zero attached hydrogens (tertiary/aromatic N) is 2. The first kappa shape index (κ1) is 18.8. The fraction of sp³-hybridized carbons (Fsp3) is 0.333. The van der Waals surface area contributed by atoms with Crippen molar-refractivity contribution in [2.24, 2.45) is 0 Å². The van der Waals surface area contributed by atoms with Crippen LogP contribution in [0.5, 0.6) is 5.75 Å². The topological polar surface area (TPSA) is 76.1 Å². The summed E-state index contributed by atoms with van der Waals surface area (Å²) in [5.74, 6) is 0.804. The van der Waals surface area contributed by atoms with Gasteiger partial charge in [0.15, 0.2) is 5.11 Å². The number of amides is 1. The minimum atomic E-state index is -0.304. The molecule has 1 heterocycles. The van der Waals surface area contributed by atoms with E-state index in [1.54, 1.807) is 24.3 Å². The van der Waals surface area contributed by atoms with Crippen molar-refractivity contribution in [2.45, 2.75) is 33.6 Å². The minimum absolute atomic E-state index is 0.151. The fourth-order valence-corrected chi connectivity index (χ4v) is 2.31. The molecule has 0 radical (unpaired) electrons. The highest BCUT2D eigenvalue weighted by Gasteiger charge is 2.09. The van der Waals surface area contributed by atoms with E-state index in [1.807, 2.05) is 19.9 Å². The monoisotopic (exact) mass is 358 g/mol. The molecule has 1 aromatic heterocycles. The van der Waals surface area contributed by atoms with Crippen LogP contribution in [0.15, 0.2) is 30.3 Å². The summed E-state index contributed by atoms with van der Waals surface area (Å²) in [6.45, 7) is 6.51. The molecule has 1 aromatic carbocycles. The average Bonchev–Trinajstić information content (AvgIpc) is 2.54. The molecule has 0 atom stereocenters. The van der Waals surface area contributed by atoms with Gasteiger partial charge in [0.2, 0.25) is 5.95 Å². The molecule has 0 saturated carbocycles. The molecule has 0 fully saturated rings. The maximum Gasteiger partial charge on any atom is 0.257 e. The molecule has 0 saturated heterocycles. The molecule has 0 spiro atoms. The van der Waals surface area contributed by atoms with E-state index in [0.29, 0.717) is 18.1 Å². The van der Waals surface area contributed by atoms with Gasteiger partial charge in [-0.15, -0.1) is 0 Å². The van der Waals surface area contributed by atoms with Crippen LogP contribution in [0.3, 0.4) is 0 Å². The summed E-state index contributed by atoms with van der Waals surface area (Å²) in [6.07, 6.45) is 2.08. The minimum Gasteiger partial charge on any atom is -0.494 e. The van der Waals surface area contributed by atoms with Gasteiger partial charge in [0, 0.05) is 17.0 Å². The smallest absolute Gasteiger partial charge is 0.257 e. The quantitative estimate of drug-likeness (QED) is 0.609. The molecular weight excluding hydrogens is 336 g/mol. The molecule has 0 aliphatic rings. The third-order valence-corrected chi connectivity index (χ3v) is 3.52. The normalized spacial score (nSPS) is 10.2. The molecule has 25 heavy (non-hydrogen) atoms. The zero-order chi connectivity index (χ0) is 18.2. The molecule has 0 aliphatic carbocycles.